The number of ether oxygens (including phenoxy) is 1. The van der Waals surface area contributed by atoms with Crippen LogP contribution in [0.4, 0.5) is 0 Å². The molecule has 0 spiro atoms. The fourth-order valence-corrected chi connectivity index (χ4v) is 1.96. The fraction of sp³-hybridized carbons (Fsp3) is 0.143. The van der Waals surface area contributed by atoms with Crippen molar-refractivity contribution in [3.63, 3.8) is 0 Å². The van der Waals surface area contributed by atoms with Crippen LogP contribution in [0, 0.1) is 0 Å². The average Bonchev–Trinajstić information content (AvgIpc) is 2.40. The molecule has 0 fully saturated rings. The maximum Gasteiger partial charge on any atom is 0.216 e. The summed E-state index contributed by atoms with van der Waals surface area (Å²) in [7, 11) is 1.63. The third-order valence-electron chi connectivity index (χ3n) is 2.69. The van der Waals surface area contributed by atoms with Crippen LogP contribution in [0.3, 0.4) is 0 Å². The van der Waals surface area contributed by atoms with Gasteiger partial charge in [-0.15, -0.1) is 12.6 Å². The molecular weight excluding hydrogens is 246 g/mol. The number of hydrogen-bond donors (Lipinski definition) is 1. The number of thiol groups is 1. The zero-order valence-corrected chi connectivity index (χ0v) is 10.9. The molecule has 0 aliphatic heterocycles. The number of aromatic nitrogens is 1. The van der Waals surface area contributed by atoms with Gasteiger partial charge in [-0.05, 0) is 35.7 Å². The Labute approximate surface area is 111 Å². The number of benzene rings is 1. The van der Waals surface area contributed by atoms with Gasteiger partial charge in [0.05, 0.1) is 7.11 Å². The molecule has 0 aliphatic carbocycles. The standard InChI is InChI=1S/C14H13NO2S/c1-17-12-4-2-10(3-5-12)8-11-9-15-7-6-13(11)14(16)18/h2-7,9H,8H2,1H3,(H,16,18). The molecule has 0 aliphatic rings. The second-order valence-corrected chi connectivity index (χ2v) is 4.27. The minimum Gasteiger partial charge on any atom is -0.497 e. The van der Waals surface area contributed by atoms with Gasteiger partial charge in [0.1, 0.15) is 5.75 Å². The molecular formula is C14H13NO2S. The molecule has 4 heteroatoms. The number of pyridine rings is 1. The van der Waals surface area contributed by atoms with E-state index in [2.05, 4.69) is 17.6 Å². The number of nitrogens with zero attached hydrogens (tertiary/aromatic N) is 1. The molecule has 1 aromatic carbocycles. The largest absolute Gasteiger partial charge is 0.497 e. The molecule has 2 rings (SSSR count). The van der Waals surface area contributed by atoms with Crippen LogP contribution in [0.15, 0.2) is 42.7 Å². The highest BCUT2D eigenvalue weighted by atomic mass is 32.1. The molecule has 2 aromatic rings. The maximum atomic E-state index is 11.4. The van der Waals surface area contributed by atoms with Crippen molar-refractivity contribution in [2.24, 2.45) is 0 Å². The maximum absolute atomic E-state index is 11.4. The van der Waals surface area contributed by atoms with Crippen molar-refractivity contribution >= 4 is 17.7 Å². The van der Waals surface area contributed by atoms with E-state index in [1.54, 1.807) is 25.6 Å². The molecule has 0 unspecified atom stereocenters. The number of carbonyl (C=O) groups excluding carboxylic acids is 1. The molecule has 0 atom stereocenters. The Morgan fingerprint density at radius 3 is 2.61 bits per heavy atom. The van der Waals surface area contributed by atoms with Gasteiger partial charge in [-0.2, -0.15) is 0 Å². The van der Waals surface area contributed by atoms with Crippen molar-refractivity contribution in [3.8, 4) is 5.75 Å². The Morgan fingerprint density at radius 1 is 1.28 bits per heavy atom. The summed E-state index contributed by atoms with van der Waals surface area (Å²) in [6.45, 7) is 0. The summed E-state index contributed by atoms with van der Waals surface area (Å²) < 4.78 is 5.10. The lowest BCUT2D eigenvalue weighted by Gasteiger charge is -2.06. The highest BCUT2D eigenvalue weighted by Gasteiger charge is 2.08. The molecule has 0 amide bonds. The number of methoxy groups -OCH3 is 1. The van der Waals surface area contributed by atoms with Crippen molar-refractivity contribution in [2.75, 3.05) is 7.11 Å². The van der Waals surface area contributed by atoms with Crippen LogP contribution < -0.4 is 4.74 Å². The molecule has 0 saturated heterocycles. The molecule has 1 aromatic heterocycles. The van der Waals surface area contributed by atoms with Gasteiger partial charge < -0.3 is 4.74 Å². The van der Waals surface area contributed by atoms with Gasteiger partial charge in [-0.1, -0.05) is 12.1 Å². The van der Waals surface area contributed by atoms with Crippen molar-refractivity contribution in [1.82, 2.24) is 4.98 Å². The molecule has 18 heavy (non-hydrogen) atoms. The summed E-state index contributed by atoms with van der Waals surface area (Å²) in [6, 6.07) is 9.42. The van der Waals surface area contributed by atoms with E-state index < -0.39 is 0 Å². The molecule has 0 bridgehead atoms. The molecule has 0 N–H and O–H groups in total. The Kier molecular flexibility index (Phi) is 3.99. The zero-order valence-electron chi connectivity index (χ0n) is 9.96. The predicted molar refractivity (Wildman–Crippen MR) is 73.4 cm³/mol. The van der Waals surface area contributed by atoms with Gasteiger partial charge >= 0.3 is 0 Å². The molecule has 0 saturated carbocycles. The van der Waals surface area contributed by atoms with E-state index in [4.69, 9.17) is 4.74 Å². The van der Waals surface area contributed by atoms with Crippen molar-refractivity contribution in [2.45, 2.75) is 6.42 Å². The lowest BCUT2D eigenvalue weighted by molar-refractivity contribution is 0.109. The normalized spacial score (nSPS) is 10.1. The van der Waals surface area contributed by atoms with Crippen molar-refractivity contribution < 1.29 is 9.53 Å². The number of rotatable bonds is 4. The second kappa shape index (κ2) is 5.69. The SMILES string of the molecule is COc1ccc(Cc2cnccc2C(=O)S)cc1. The smallest absolute Gasteiger partial charge is 0.216 e. The van der Waals surface area contributed by atoms with Crippen LogP contribution in [0.5, 0.6) is 5.75 Å². The third kappa shape index (κ3) is 2.90. The third-order valence-corrected chi connectivity index (χ3v) is 2.93. The minimum absolute atomic E-state index is 0.235. The van der Waals surface area contributed by atoms with Gasteiger partial charge in [0, 0.05) is 18.0 Å². The van der Waals surface area contributed by atoms with Crippen molar-refractivity contribution in [1.29, 1.82) is 0 Å². The van der Waals surface area contributed by atoms with Gasteiger partial charge in [-0.3, -0.25) is 9.78 Å². The first-order valence-electron chi connectivity index (χ1n) is 5.50. The zero-order chi connectivity index (χ0) is 13.0. The number of carbonyl (C=O) groups is 1. The first-order valence-corrected chi connectivity index (χ1v) is 5.94. The summed E-state index contributed by atoms with van der Waals surface area (Å²) >= 11 is 3.87. The Balaban J connectivity index is 2.25. The molecule has 92 valence electrons. The topological polar surface area (TPSA) is 39.2 Å². The van der Waals surface area contributed by atoms with Gasteiger partial charge in [0.15, 0.2) is 0 Å². The quantitative estimate of drug-likeness (QED) is 0.858. The first-order chi connectivity index (χ1) is 8.70. The Bertz CT molecular complexity index is 552. The van der Waals surface area contributed by atoms with Crippen LogP contribution in [-0.2, 0) is 6.42 Å². The van der Waals surface area contributed by atoms with E-state index in [1.165, 1.54) is 0 Å². The van der Waals surface area contributed by atoms with Crippen LogP contribution in [-0.4, -0.2) is 17.2 Å². The Hall–Kier alpha value is -1.81. The van der Waals surface area contributed by atoms with E-state index in [-0.39, 0.29) is 5.12 Å². The lowest BCUT2D eigenvalue weighted by Crippen LogP contribution is -1.99. The van der Waals surface area contributed by atoms with E-state index in [0.717, 1.165) is 16.9 Å². The average molecular weight is 259 g/mol. The molecule has 3 nitrogen and oxygen atoms in total. The summed E-state index contributed by atoms with van der Waals surface area (Å²) in [5.74, 6) is 0.815. The van der Waals surface area contributed by atoms with Crippen LogP contribution in [0.25, 0.3) is 0 Å². The number of hydrogen-bond acceptors (Lipinski definition) is 3. The highest BCUT2D eigenvalue weighted by molar-refractivity contribution is 7.97. The van der Waals surface area contributed by atoms with Gasteiger partial charge in [0.2, 0.25) is 5.12 Å². The van der Waals surface area contributed by atoms with E-state index >= 15 is 0 Å². The fourth-order valence-electron chi connectivity index (χ4n) is 1.74. The second-order valence-electron chi connectivity index (χ2n) is 3.86. The summed E-state index contributed by atoms with van der Waals surface area (Å²) in [6.07, 6.45) is 3.95. The summed E-state index contributed by atoms with van der Waals surface area (Å²) in [4.78, 5) is 15.4. The highest BCUT2D eigenvalue weighted by Crippen LogP contribution is 2.17. The van der Waals surface area contributed by atoms with Crippen LogP contribution in [0.2, 0.25) is 0 Å². The van der Waals surface area contributed by atoms with E-state index in [9.17, 15) is 4.79 Å². The van der Waals surface area contributed by atoms with Crippen LogP contribution in [0.1, 0.15) is 21.5 Å². The summed E-state index contributed by atoms with van der Waals surface area (Å²) in [5, 5.41) is -0.235. The monoisotopic (exact) mass is 259 g/mol. The molecule has 1 heterocycles. The van der Waals surface area contributed by atoms with Gasteiger partial charge in [-0.25, -0.2) is 0 Å². The van der Waals surface area contributed by atoms with E-state index in [1.807, 2.05) is 24.3 Å². The lowest BCUT2D eigenvalue weighted by atomic mass is 10.0. The predicted octanol–water partition coefficient (Wildman–Crippen LogP) is 2.75. The van der Waals surface area contributed by atoms with Gasteiger partial charge in [0.25, 0.3) is 0 Å². The molecule has 0 radical (unpaired) electrons. The first kappa shape index (κ1) is 12.6. The van der Waals surface area contributed by atoms with E-state index in [0.29, 0.717) is 12.0 Å². The van der Waals surface area contributed by atoms with Crippen molar-refractivity contribution in [3.05, 3.63) is 59.4 Å². The van der Waals surface area contributed by atoms with Crippen LogP contribution >= 0.6 is 12.6 Å². The Morgan fingerprint density at radius 2 is 2.00 bits per heavy atom. The minimum atomic E-state index is -0.235. The summed E-state index contributed by atoms with van der Waals surface area (Å²) in [5.41, 5.74) is 2.58.